The van der Waals surface area contributed by atoms with Gasteiger partial charge in [0.15, 0.2) is 12.4 Å². The van der Waals surface area contributed by atoms with Gasteiger partial charge in [-0.15, -0.1) is 0 Å². The number of aryl methyl sites for hydroxylation is 1. The van der Waals surface area contributed by atoms with E-state index >= 15 is 0 Å². The number of anilines is 1. The minimum Gasteiger partial charge on any atom is -0.476 e. The van der Waals surface area contributed by atoms with Crippen molar-refractivity contribution in [1.29, 1.82) is 0 Å². The molecule has 1 amide bonds. The lowest BCUT2D eigenvalue weighted by molar-refractivity contribution is -0.118. The molecule has 0 aliphatic rings. The molecule has 0 aliphatic heterocycles. The third-order valence-electron chi connectivity index (χ3n) is 5.66. The standard InChI is InChI=1S/C28H19Cl2NO4/c1-16-13-24-20(14-22(16)30)26(33)28(27(35-24)19-10-4-5-11-21(19)29)34-15-25(32)31-23-12-6-8-17-7-2-3-9-18(17)23/h2-14H,15H2,1H3,(H,31,32). The van der Waals surface area contributed by atoms with Crippen molar-refractivity contribution in [2.75, 3.05) is 11.9 Å². The zero-order valence-corrected chi connectivity index (χ0v) is 20.1. The van der Waals surface area contributed by atoms with Crippen molar-refractivity contribution in [2.45, 2.75) is 6.92 Å². The van der Waals surface area contributed by atoms with Gasteiger partial charge in [0, 0.05) is 21.7 Å². The molecule has 5 aromatic rings. The molecule has 5 rings (SSSR count). The summed E-state index contributed by atoms with van der Waals surface area (Å²) in [7, 11) is 0. The van der Waals surface area contributed by atoms with Gasteiger partial charge in [-0.05, 0) is 48.2 Å². The molecule has 174 valence electrons. The number of fused-ring (bicyclic) bond motifs is 2. The predicted molar refractivity (Wildman–Crippen MR) is 141 cm³/mol. The molecule has 35 heavy (non-hydrogen) atoms. The summed E-state index contributed by atoms with van der Waals surface area (Å²) in [5, 5.41) is 5.81. The van der Waals surface area contributed by atoms with E-state index in [1.165, 1.54) is 6.07 Å². The zero-order valence-electron chi connectivity index (χ0n) is 18.6. The van der Waals surface area contributed by atoms with Crippen LogP contribution in [0.15, 0.2) is 88.1 Å². The number of rotatable bonds is 5. The first-order valence-electron chi connectivity index (χ1n) is 10.8. The highest BCUT2D eigenvalue weighted by atomic mass is 35.5. The van der Waals surface area contributed by atoms with Crippen molar-refractivity contribution in [3.8, 4) is 17.1 Å². The van der Waals surface area contributed by atoms with Crippen LogP contribution in [0.5, 0.6) is 5.75 Å². The molecule has 5 nitrogen and oxygen atoms in total. The van der Waals surface area contributed by atoms with Crippen molar-refractivity contribution in [3.63, 3.8) is 0 Å². The first kappa shape index (κ1) is 23.0. The topological polar surface area (TPSA) is 68.5 Å². The molecular weight excluding hydrogens is 485 g/mol. The summed E-state index contributed by atoms with van der Waals surface area (Å²) >= 11 is 12.7. The molecular formula is C28H19Cl2NO4. The fourth-order valence-electron chi connectivity index (χ4n) is 3.91. The Morgan fingerprint density at radius 1 is 0.914 bits per heavy atom. The summed E-state index contributed by atoms with van der Waals surface area (Å²) in [6.07, 6.45) is 0. The SMILES string of the molecule is Cc1cc2oc(-c3ccccc3Cl)c(OCC(=O)Nc3cccc4ccccc34)c(=O)c2cc1Cl. The number of carbonyl (C=O) groups excluding carboxylic acids is 1. The quantitative estimate of drug-likeness (QED) is 0.274. The summed E-state index contributed by atoms with van der Waals surface area (Å²) in [5.74, 6) is -0.390. The zero-order chi connectivity index (χ0) is 24.5. The van der Waals surface area contributed by atoms with Crippen LogP contribution in [0.2, 0.25) is 10.0 Å². The molecule has 7 heteroatoms. The molecule has 0 fully saturated rings. The van der Waals surface area contributed by atoms with Gasteiger partial charge in [-0.1, -0.05) is 71.7 Å². The molecule has 0 saturated carbocycles. The van der Waals surface area contributed by atoms with Crippen molar-refractivity contribution in [3.05, 3.63) is 105 Å². The maximum Gasteiger partial charge on any atom is 0.262 e. The number of nitrogens with one attached hydrogen (secondary N) is 1. The fraction of sp³-hybridized carbons (Fsp3) is 0.0714. The molecule has 1 aromatic heterocycles. The van der Waals surface area contributed by atoms with E-state index in [1.807, 2.05) is 49.4 Å². The highest BCUT2D eigenvalue weighted by Gasteiger charge is 2.21. The summed E-state index contributed by atoms with van der Waals surface area (Å²) in [5.41, 5.74) is 1.79. The molecule has 0 spiro atoms. The second kappa shape index (κ2) is 9.45. The van der Waals surface area contributed by atoms with Gasteiger partial charge >= 0.3 is 0 Å². The number of amides is 1. The van der Waals surface area contributed by atoms with E-state index < -0.39 is 17.9 Å². The highest BCUT2D eigenvalue weighted by Crippen LogP contribution is 2.36. The van der Waals surface area contributed by atoms with Gasteiger partial charge in [0.25, 0.3) is 5.91 Å². The van der Waals surface area contributed by atoms with Crippen LogP contribution >= 0.6 is 23.2 Å². The molecule has 0 unspecified atom stereocenters. The Morgan fingerprint density at radius 2 is 1.66 bits per heavy atom. The number of carbonyl (C=O) groups is 1. The Balaban J connectivity index is 1.52. The summed E-state index contributed by atoms with van der Waals surface area (Å²) < 4.78 is 11.9. The number of hydrogen-bond acceptors (Lipinski definition) is 4. The smallest absolute Gasteiger partial charge is 0.262 e. The van der Waals surface area contributed by atoms with Crippen LogP contribution in [0, 0.1) is 6.92 Å². The van der Waals surface area contributed by atoms with Gasteiger partial charge < -0.3 is 14.5 Å². The molecule has 0 radical (unpaired) electrons. The molecule has 1 heterocycles. The predicted octanol–water partition coefficient (Wildman–Crippen LogP) is 7.25. The fourth-order valence-corrected chi connectivity index (χ4v) is 4.30. The molecule has 0 aliphatic carbocycles. The van der Waals surface area contributed by atoms with Crippen LogP contribution in [-0.4, -0.2) is 12.5 Å². The molecule has 1 N–H and O–H groups in total. The van der Waals surface area contributed by atoms with Crippen LogP contribution in [-0.2, 0) is 4.79 Å². The van der Waals surface area contributed by atoms with Crippen LogP contribution < -0.4 is 15.5 Å². The average molecular weight is 504 g/mol. The molecule has 4 aromatic carbocycles. The number of hydrogen-bond donors (Lipinski definition) is 1. The van der Waals surface area contributed by atoms with Crippen LogP contribution in [0.3, 0.4) is 0 Å². The third kappa shape index (κ3) is 4.48. The average Bonchev–Trinajstić information content (AvgIpc) is 2.85. The van der Waals surface area contributed by atoms with Gasteiger partial charge in [-0.2, -0.15) is 0 Å². The van der Waals surface area contributed by atoms with E-state index in [0.717, 1.165) is 16.3 Å². The summed E-state index contributed by atoms with van der Waals surface area (Å²) in [4.78, 5) is 26.2. The van der Waals surface area contributed by atoms with Crippen molar-refractivity contribution < 1.29 is 13.9 Å². The van der Waals surface area contributed by atoms with Gasteiger partial charge in [-0.25, -0.2) is 0 Å². The Bertz CT molecular complexity index is 1650. The van der Waals surface area contributed by atoms with Gasteiger partial charge in [0.1, 0.15) is 5.58 Å². The summed E-state index contributed by atoms with van der Waals surface area (Å²) in [6, 6.07) is 23.5. The van der Waals surface area contributed by atoms with Crippen LogP contribution in [0.25, 0.3) is 33.1 Å². The molecule has 0 atom stereocenters. The summed E-state index contributed by atoms with van der Waals surface area (Å²) in [6.45, 7) is 1.41. The Labute approximate surface area is 210 Å². The maximum atomic E-state index is 13.4. The first-order chi connectivity index (χ1) is 16.9. The normalized spacial score (nSPS) is 11.1. The lowest BCUT2D eigenvalue weighted by Crippen LogP contribution is -2.22. The van der Waals surface area contributed by atoms with Crippen molar-refractivity contribution in [2.24, 2.45) is 0 Å². The van der Waals surface area contributed by atoms with E-state index in [0.29, 0.717) is 26.9 Å². The van der Waals surface area contributed by atoms with Gasteiger partial charge in [0.2, 0.25) is 11.2 Å². The monoisotopic (exact) mass is 503 g/mol. The van der Waals surface area contributed by atoms with Crippen molar-refractivity contribution >= 4 is 56.5 Å². The van der Waals surface area contributed by atoms with E-state index in [1.54, 1.807) is 30.3 Å². The van der Waals surface area contributed by atoms with Crippen LogP contribution in [0.4, 0.5) is 5.69 Å². The van der Waals surface area contributed by atoms with Crippen molar-refractivity contribution in [1.82, 2.24) is 0 Å². The third-order valence-corrected chi connectivity index (χ3v) is 6.40. The Hall–Kier alpha value is -3.80. The van der Waals surface area contributed by atoms with E-state index in [2.05, 4.69) is 5.32 Å². The second-order valence-electron chi connectivity index (χ2n) is 8.03. The number of ether oxygens (including phenoxy) is 1. The van der Waals surface area contributed by atoms with Gasteiger partial charge in [0.05, 0.1) is 10.4 Å². The first-order valence-corrected chi connectivity index (χ1v) is 11.6. The largest absolute Gasteiger partial charge is 0.476 e. The minimum atomic E-state index is -0.443. The number of halogens is 2. The lowest BCUT2D eigenvalue weighted by Gasteiger charge is -2.14. The molecule has 0 bridgehead atoms. The molecule has 0 saturated heterocycles. The Kier molecular flexibility index (Phi) is 6.20. The minimum absolute atomic E-state index is 0.112. The highest BCUT2D eigenvalue weighted by molar-refractivity contribution is 6.33. The van der Waals surface area contributed by atoms with Gasteiger partial charge in [-0.3, -0.25) is 9.59 Å². The van der Waals surface area contributed by atoms with E-state index in [4.69, 9.17) is 32.4 Å². The Morgan fingerprint density at radius 3 is 2.49 bits per heavy atom. The number of benzene rings is 4. The lowest BCUT2D eigenvalue weighted by atomic mass is 10.1. The maximum absolute atomic E-state index is 13.4. The van der Waals surface area contributed by atoms with E-state index in [9.17, 15) is 9.59 Å². The van der Waals surface area contributed by atoms with Crippen LogP contribution in [0.1, 0.15) is 5.56 Å². The van der Waals surface area contributed by atoms with E-state index in [-0.39, 0.29) is 16.9 Å². The second-order valence-corrected chi connectivity index (χ2v) is 8.84.